The SMILES string of the molecule is CCC1CC(C(O)(C(F)(F)F)C(F)(F)F)CC(C(O)(C(F)(F)F)C(F)(F)F)C1. The first-order valence-electron chi connectivity index (χ1n) is 7.86. The van der Waals surface area contributed by atoms with E-state index in [0.29, 0.717) is 0 Å². The van der Waals surface area contributed by atoms with Crippen LogP contribution in [0.4, 0.5) is 52.7 Å². The highest BCUT2D eigenvalue weighted by Gasteiger charge is 2.78. The second kappa shape index (κ2) is 7.10. The second-order valence-corrected chi connectivity index (χ2v) is 6.90. The van der Waals surface area contributed by atoms with Gasteiger partial charge in [-0.15, -0.1) is 0 Å². The first-order valence-corrected chi connectivity index (χ1v) is 7.86. The molecule has 2 unspecified atom stereocenters. The smallest absolute Gasteiger partial charge is 0.373 e. The van der Waals surface area contributed by atoms with Crippen LogP contribution >= 0.6 is 0 Å². The fraction of sp³-hybridized carbons (Fsp3) is 1.00. The molecule has 0 aromatic rings. The maximum Gasteiger partial charge on any atom is 0.426 e. The van der Waals surface area contributed by atoms with Crippen molar-refractivity contribution in [2.75, 3.05) is 0 Å². The lowest BCUT2D eigenvalue weighted by Crippen LogP contribution is -2.66. The standard InChI is InChI=1S/C14H16F12O2/c1-2-6-3-7(9(27,11(15,16)17)12(18,19)20)5-8(4-6)10(28,13(21,22)23)14(24,25)26/h6-8,27-28H,2-5H2,1H3. The molecule has 2 N–H and O–H groups in total. The quantitative estimate of drug-likeness (QED) is 0.592. The number of alkyl halides is 12. The highest BCUT2D eigenvalue weighted by Crippen LogP contribution is 2.58. The fourth-order valence-electron chi connectivity index (χ4n) is 3.70. The topological polar surface area (TPSA) is 40.5 Å². The van der Waals surface area contributed by atoms with Crippen LogP contribution in [0.25, 0.3) is 0 Å². The molecule has 2 nitrogen and oxygen atoms in total. The van der Waals surface area contributed by atoms with Gasteiger partial charge in [-0.1, -0.05) is 13.3 Å². The van der Waals surface area contributed by atoms with Crippen LogP contribution in [0.1, 0.15) is 32.6 Å². The third-order valence-electron chi connectivity index (χ3n) is 5.29. The van der Waals surface area contributed by atoms with Crippen molar-refractivity contribution in [3.63, 3.8) is 0 Å². The van der Waals surface area contributed by atoms with E-state index in [0.717, 1.165) is 6.92 Å². The number of aliphatic hydroxyl groups is 2. The molecule has 0 aromatic carbocycles. The van der Waals surface area contributed by atoms with Gasteiger partial charge < -0.3 is 10.2 Å². The normalized spacial score (nSPS) is 26.5. The Hall–Kier alpha value is -0.920. The van der Waals surface area contributed by atoms with Crippen molar-refractivity contribution < 1.29 is 62.9 Å². The zero-order valence-electron chi connectivity index (χ0n) is 14.0. The highest BCUT2D eigenvalue weighted by atomic mass is 19.4. The zero-order chi connectivity index (χ0) is 22.6. The summed E-state index contributed by atoms with van der Waals surface area (Å²) in [6, 6.07) is 0. The highest BCUT2D eigenvalue weighted by molar-refractivity contribution is 5.07. The fourth-order valence-corrected chi connectivity index (χ4v) is 3.70. The maximum atomic E-state index is 13.0. The molecule has 0 aromatic heterocycles. The van der Waals surface area contributed by atoms with E-state index in [2.05, 4.69) is 0 Å². The van der Waals surface area contributed by atoms with Gasteiger partial charge in [-0.25, -0.2) is 0 Å². The lowest BCUT2D eigenvalue weighted by Gasteiger charge is -2.48. The Morgan fingerprint density at radius 1 is 0.571 bits per heavy atom. The van der Waals surface area contributed by atoms with E-state index in [1.54, 1.807) is 0 Å². The monoisotopic (exact) mass is 444 g/mol. The summed E-state index contributed by atoms with van der Waals surface area (Å²) in [4.78, 5) is 0. The molecule has 1 rings (SSSR count). The van der Waals surface area contributed by atoms with E-state index in [1.165, 1.54) is 0 Å². The van der Waals surface area contributed by atoms with Gasteiger partial charge >= 0.3 is 24.7 Å². The lowest BCUT2D eigenvalue weighted by atomic mass is 9.63. The van der Waals surface area contributed by atoms with Gasteiger partial charge in [-0.2, -0.15) is 52.7 Å². The van der Waals surface area contributed by atoms with Crippen LogP contribution in [0.15, 0.2) is 0 Å². The van der Waals surface area contributed by atoms with Crippen LogP contribution in [-0.2, 0) is 0 Å². The molecule has 14 heteroatoms. The molecule has 2 atom stereocenters. The van der Waals surface area contributed by atoms with Crippen molar-refractivity contribution in [3.8, 4) is 0 Å². The average molecular weight is 444 g/mol. The van der Waals surface area contributed by atoms with E-state index in [-0.39, 0.29) is 6.42 Å². The van der Waals surface area contributed by atoms with E-state index < -0.39 is 72.9 Å². The zero-order valence-corrected chi connectivity index (χ0v) is 14.0. The minimum Gasteiger partial charge on any atom is -0.373 e. The summed E-state index contributed by atoms with van der Waals surface area (Å²) in [7, 11) is 0. The van der Waals surface area contributed by atoms with Gasteiger partial charge in [-0.3, -0.25) is 0 Å². The number of rotatable bonds is 3. The Morgan fingerprint density at radius 2 is 0.821 bits per heavy atom. The Bertz CT molecular complexity index is 470. The van der Waals surface area contributed by atoms with Crippen LogP contribution in [0, 0.1) is 17.8 Å². The lowest BCUT2D eigenvalue weighted by molar-refractivity contribution is -0.404. The summed E-state index contributed by atoms with van der Waals surface area (Å²) in [6.07, 6.45) is -30.2. The third-order valence-corrected chi connectivity index (χ3v) is 5.29. The van der Waals surface area contributed by atoms with E-state index >= 15 is 0 Å². The Labute approximate surface area is 150 Å². The molecule has 0 bridgehead atoms. The van der Waals surface area contributed by atoms with E-state index in [4.69, 9.17) is 0 Å². The molecule has 0 radical (unpaired) electrons. The summed E-state index contributed by atoms with van der Waals surface area (Å²) in [5.41, 5.74) is -11.0. The maximum absolute atomic E-state index is 13.0. The predicted octanol–water partition coefficient (Wildman–Crippen LogP) is 5.14. The van der Waals surface area contributed by atoms with Crippen molar-refractivity contribution in [2.45, 2.75) is 68.5 Å². The molecule has 28 heavy (non-hydrogen) atoms. The minimum atomic E-state index is -6.41. The molecule has 1 fully saturated rings. The first-order chi connectivity index (χ1) is 12.1. The first kappa shape index (κ1) is 25.1. The van der Waals surface area contributed by atoms with E-state index in [1.807, 2.05) is 0 Å². The van der Waals surface area contributed by atoms with Gasteiger partial charge in [0.2, 0.25) is 0 Å². The summed E-state index contributed by atoms with van der Waals surface area (Å²) in [6.45, 7) is 1.14. The van der Waals surface area contributed by atoms with Crippen molar-refractivity contribution in [2.24, 2.45) is 17.8 Å². The third kappa shape index (κ3) is 3.90. The van der Waals surface area contributed by atoms with Gasteiger partial charge in [-0.05, 0) is 25.2 Å². The Morgan fingerprint density at radius 3 is 1.00 bits per heavy atom. The van der Waals surface area contributed by atoms with Crippen molar-refractivity contribution in [3.05, 3.63) is 0 Å². The summed E-state index contributed by atoms with van der Waals surface area (Å²) in [5, 5.41) is 18.8. The molecule has 168 valence electrons. The van der Waals surface area contributed by atoms with Crippen LogP contribution in [-0.4, -0.2) is 46.1 Å². The molecule has 0 aliphatic heterocycles. The second-order valence-electron chi connectivity index (χ2n) is 6.90. The Balaban J connectivity index is 3.56. The Kier molecular flexibility index (Phi) is 6.37. The van der Waals surface area contributed by atoms with Gasteiger partial charge in [0, 0.05) is 11.8 Å². The number of hydrogen-bond donors (Lipinski definition) is 2. The minimum absolute atomic E-state index is 0.357. The molecule has 0 saturated heterocycles. The molecule has 0 spiro atoms. The number of halogens is 12. The predicted molar refractivity (Wildman–Crippen MR) is 68.7 cm³/mol. The van der Waals surface area contributed by atoms with Crippen molar-refractivity contribution in [1.82, 2.24) is 0 Å². The molecule has 1 aliphatic carbocycles. The molecular weight excluding hydrogens is 428 g/mol. The number of hydrogen-bond acceptors (Lipinski definition) is 2. The summed E-state index contributed by atoms with van der Waals surface area (Å²) in [5.74, 6) is -7.57. The molecule has 0 amide bonds. The molecule has 0 heterocycles. The van der Waals surface area contributed by atoms with Gasteiger partial charge in [0.25, 0.3) is 11.2 Å². The van der Waals surface area contributed by atoms with Gasteiger partial charge in [0.15, 0.2) is 0 Å². The van der Waals surface area contributed by atoms with Gasteiger partial charge in [0.05, 0.1) is 0 Å². The molecule has 1 saturated carbocycles. The van der Waals surface area contributed by atoms with Gasteiger partial charge in [0.1, 0.15) is 0 Å². The van der Waals surface area contributed by atoms with E-state index in [9.17, 15) is 62.9 Å². The van der Waals surface area contributed by atoms with Crippen molar-refractivity contribution >= 4 is 0 Å². The molecular formula is C14H16F12O2. The van der Waals surface area contributed by atoms with Crippen LogP contribution in [0.3, 0.4) is 0 Å². The van der Waals surface area contributed by atoms with Crippen LogP contribution in [0.2, 0.25) is 0 Å². The molecule has 1 aliphatic rings. The summed E-state index contributed by atoms with van der Waals surface area (Å²) < 4.78 is 156. The van der Waals surface area contributed by atoms with Crippen LogP contribution < -0.4 is 0 Å². The van der Waals surface area contributed by atoms with Crippen molar-refractivity contribution in [1.29, 1.82) is 0 Å². The van der Waals surface area contributed by atoms with Crippen LogP contribution in [0.5, 0.6) is 0 Å². The largest absolute Gasteiger partial charge is 0.426 e. The average Bonchev–Trinajstić information content (AvgIpc) is 2.48. The summed E-state index contributed by atoms with van der Waals surface area (Å²) >= 11 is 0.